The van der Waals surface area contributed by atoms with Crippen LogP contribution in [0.2, 0.25) is 0 Å². The molecule has 84 heavy (non-hydrogen) atoms. The van der Waals surface area contributed by atoms with E-state index in [1.165, 1.54) is 106 Å². The number of hydrogen-bond acceptors (Lipinski definition) is 5. The van der Waals surface area contributed by atoms with Crippen LogP contribution in [0.1, 0.15) is 150 Å². The molecule has 1 fully saturated rings. The zero-order valence-electron chi connectivity index (χ0n) is 52.0. The van der Waals surface area contributed by atoms with Crippen LogP contribution >= 0.6 is 11.3 Å². The van der Waals surface area contributed by atoms with Crippen molar-refractivity contribution in [3.05, 3.63) is 216 Å². The molecular weight excluding hydrogens is 1040 g/mol. The van der Waals surface area contributed by atoms with Gasteiger partial charge in [-0.05, 0) is 177 Å². The molecule has 10 aromatic rings. The van der Waals surface area contributed by atoms with E-state index < -0.39 is 0 Å². The van der Waals surface area contributed by atoms with Crippen molar-refractivity contribution in [3.8, 4) is 0 Å². The summed E-state index contributed by atoms with van der Waals surface area (Å²) < 4.78 is 2.59. The van der Waals surface area contributed by atoms with Gasteiger partial charge in [0.05, 0.1) is 16.9 Å². The predicted molar refractivity (Wildman–Crippen MR) is 366 cm³/mol. The summed E-state index contributed by atoms with van der Waals surface area (Å²) >= 11 is 1.90. The normalized spacial score (nSPS) is 18.2. The van der Waals surface area contributed by atoms with Crippen molar-refractivity contribution < 1.29 is 0 Å². The SMILES string of the molecule is CC(C)(C)c1ccc(N(c2ccc(C(C)(C)C)cc2)c2ccc3c(c2)N(c2cccc4sc5ccccc5c24)c2cc(N(c4ccc(C(C)(C)C)cc4)c4ccc(C(C)(C)C)cc4)cc4c2B3c2cccc3c2N4C2(C)CCCCC32C)cc1. The molecule has 4 aliphatic rings. The number of fused-ring (bicyclic) bond motifs is 10. The van der Waals surface area contributed by atoms with Crippen LogP contribution in [0.3, 0.4) is 0 Å². The molecule has 4 nitrogen and oxygen atoms in total. The van der Waals surface area contributed by atoms with Gasteiger partial charge in [0.2, 0.25) is 0 Å². The first-order valence-electron chi connectivity index (χ1n) is 30.9. The summed E-state index contributed by atoms with van der Waals surface area (Å²) in [7, 11) is 0. The van der Waals surface area contributed by atoms with Crippen molar-refractivity contribution in [1.82, 2.24) is 0 Å². The van der Waals surface area contributed by atoms with Crippen molar-refractivity contribution >= 4 is 117 Å². The van der Waals surface area contributed by atoms with Crippen LogP contribution in [0.5, 0.6) is 0 Å². The van der Waals surface area contributed by atoms with E-state index in [1.54, 1.807) is 0 Å². The summed E-state index contributed by atoms with van der Waals surface area (Å²) in [6.45, 7) is 32.9. The van der Waals surface area contributed by atoms with Crippen LogP contribution < -0.4 is 36.0 Å². The standard InChI is InChI=1S/C78H81BN4S/c1-73(2,3)50-27-35-54(36-28-50)80(55-37-29-51(30-38-55)74(4,5)6)58-43-44-62-65(47-58)82(64-24-20-26-69-70(64)60-21-15-16-25-68(60)84-69)66-48-59(81(56-39-31-52(32-40-56)75(7,8)9)57-41-33-53(34-42-57)76(10,11)12)49-67-71(66)79(62)63-23-19-22-61-72(63)83(67)78(14)46-18-17-45-77(61,78)13/h15-16,19-44,47-49H,17-18,45-46H2,1-14H3. The maximum atomic E-state index is 2.89. The Morgan fingerprint density at radius 2 is 0.881 bits per heavy atom. The maximum Gasteiger partial charge on any atom is 0.252 e. The Balaban J connectivity index is 1.10. The Kier molecular flexibility index (Phi) is 12.3. The van der Waals surface area contributed by atoms with E-state index in [9.17, 15) is 0 Å². The highest BCUT2D eigenvalue weighted by molar-refractivity contribution is 7.26. The Morgan fingerprint density at radius 1 is 0.417 bits per heavy atom. The van der Waals surface area contributed by atoms with Gasteiger partial charge in [0.15, 0.2) is 0 Å². The summed E-state index contributed by atoms with van der Waals surface area (Å²) in [6, 6.07) is 73.7. The molecule has 0 saturated heterocycles. The second-order valence-corrected chi connectivity index (χ2v) is 30.5. The van der Waals surface area contributed by atoms with Gasteiger partial charge < -0.3 is 19.6 Å². The van der Waals surface area contributed by atoms with Gasteiger partial charge >= 0.3 is 0 Å². The molecule has 3 aliphatic heterocycles. The number of anilines is 11. The lowest BCUT2D eigenvalue weighted by Gasteiger charge is -2.53. The fraction of sp³-hybridized carbons (Fsp3) is 0.308. The fourth-order valence-electron chi connectivity index (χ4n) is 15.1. The van der Waals surface area contributed by atoms with Crippen molar-refractivity contribution in [2.75, 3.05) is 19.6 Å². The molecule has 0 radical (unpaired) electrons. The summed E-state index contributed by atoms with van der Waals surface area (Å²) in [5, 5.41) is 2.58. The van der Waals surface area contributed by atoms with Crippen LogP contribution in [0.4, 0.5) is 62.6 Å². The molecule has 1 aliphatic carbocycles. The zero-order valence-corrected chi connectivity index (χ0v) is 52.8. The van der Waals surface area contributed by atoms with Crippen LogP contribution in [0.25, 0.3) is 20.2 Å². The molecule has 1 aromatic heterocycles. The number of thiophene rings is 1. The van der Waals surface area contributed by atoms with Gasteiger partial charge in [0, 0.05) is 76.8 Å². The van der Waals surface area contributed by atoms with Gasteiger partial charge in [-0.25, -0.2) is 0 Å². The van der Waals surface area contributed by atoms with Crippen molar-refractivity contribution in [1.29, 1.82) is 0 Å². The minimum absolute atomic E-state index is 0.00654. The molecular formula is C78H81BN4S. The van der Waals surface area contributed by atoms with E-state index in [0.717, 1.165) is 47.0 Å². The average Bonchev–Trinajstić information content (AvgIpc) is 1.43. The molecule has 14 rings (SSSR count). The maximum absolute atomic E-state index is 2.89. The Bertz CT molecular complexity index is 4110. The van der Waals surface area contributed by atoms with E-state index in [4.69, 9.17) is 0 Å². The summed E-state index contributed by atoms with van der Waals surface area (Å²) in [6.07, 6.45) is 4.74. The van der Waals surface area contributed by atoms with E-state index in [1.807, 2.05) is 11.3 Å². The fourth-order valence-corrected chi connectivity index (χ4v) is 16.2. The molecule has 0 bridgehead atoms. The molecule has 0 amide bonds. The average molecular weight is 1120 g/mol. The van der Waals surface area contributed by atoms with Crippen molar-refractivity contribution in [3.63, 3.8) is 0 Å². The van der Waals surface area contributed by atoms with Gasteiger partial charge in [0.25, 0.3) is 6.71 Å². The lowest BCUT2D eigenvalue weighted by atomic mass is 9.33. The first kappa shape index (κ1) is 54.4. The molecule has 1 saturated carbocycles. The Hall–Kier alpha value is -7.54. The second-order valence-electron chi connectivity index (χ2n) is 29.4. The third-order valence-electron chi connectivity index (χ3n) is 20.0. The molecule has 422 valence electrons. The minimum atomic E-state index is -0.154. The first-order chi connectivity index (χ1) is 39.9. The highest BCUT2D eigenvalue weighted by atomic mass is 32.1. The number of nitrogens with zero attached hydrogens (tertiary/aromatic N) is 4. The highest BCUT2D eigenvalue weighted by Crippen LogP contribution is 2.63. The van der Waals surface area contributed by atoms with Gasteiger partial charge in [-0.15, -0.1) is 11.3 Å². The lowest BCUT2D eigenvalue weighted by molar-refractivity contribution is 0.195. The largest absolute Gasteiger partial charge is 0.335 e. The zero-order chi connectivity index (χ0) is 58.6. The monoisotopic (exact) mass is 1120 g/mol. The predicted octanol–water partition coefficient (Wildman–Crippen LogP) is 20.5. The van der Waals surface area contributed by atoms with Gasteiger partial charge in [-0.3, -0.25) is 0 Å². The molecule has 9 aromatic carbocycles. The van der Waals surface area contributed by atoms with Crippen LogP contribution in [-0.2, 0) is 27.1 Å². The van der Waals surface area contributed by atoms with E-state index in [-0.39, 0.29) is 39.3 Å². The smallest absolute Gasteiger partial charge is 0.252 e. The lowest BCUT2D eigenvalue weighted by Crippen LogP contribution is -2.64. The number of hydrogen-bond donors (Lipinski definition) is 0. The first-order valence-corrected chi connectivity index (χ1v) is 31.7. The second kappa shape index (κ2) is 19.0. The Labute approximate surface area is 504 Å². The molecule has 2 unspecified atom stereocenters. The third-order valence-corrected chi connectivity index (χ3v) is 21.2. The minimum Gasteiger partial charge on any atom is -0.335 e. The van der Waals surface area contributed by atoms with E-state index in [2.05, 4.69) is 305 Å². The Morgan fingerprint density at radius 3 is 1.43 bits per heavy atom. The third kappa shape index (κ3) is 8.42. The molecule has 2 atom stereocenters. The topological polar surface area (TPSA) is 13.0 Å². The van der Waals surface area contributed by atoms with Crippen LogP contribution in [0.15, 0.2) is 188 Å². The summed E-state index contributed by atoms with van der Waals surface area (Å²) in [5.74, 6) is 0. The van der Waals surface area contributed by atoms with Gasteiger partial charge in [0.1, 0.15) is 0 Å². The van der Waals surface area contributed by atoms with Gasteiger partial charge in [-0.1, -0.05) is 200 Å². The van der Waals surface area contributed by atoms with Gasteiger partial charge in [-0.2, -0.15) is 0 Å². The number of benzene rings is 9. The molecule has 4 heterocycles. The van der Waals surface area contributed by atoms with Crippen molar-refractivity contribution in [2.45, 2.75) is 155 Å². The number of para-hydroxylation sites is 1. The van der Waals surface area contributed by atoms with Crippen LogP contribution in [0, 0.1) is 0 Å². The summed E-state index contributed by atoms with van der Waals surface area (Å²) in [5.41, 5.74) is 24.0. The molecule has 0 N–H and O–H groups in total. The van der Waals surface area contributed by atoms with E-state index in [0.29, 0.717) is 0 Å². The molecule has 0 spiro atoms. The van der Waals surface area contributed by atoms with Crippen molar-refractivity contribution in [2.24, 2.45) is 0 Å². The van der Waals surface area contributed by atoms with E-state index >= 15 is 0 Å². The summed E-state index contributed by atoms with van der Waals surface area (Å²) in [4.78, 5) is 10.6. The molecule has 6 heteroatoms. The number of rotatable bonds is 7. The van der Waals surface area contributed by atoms with Crippen LogP contribution in [-0.4, -0.2) is 12.3 Å². The quantitative estimate of drug-likeness (QED) is 0.147. The highest BCUT2D eigenvalue weighted by Gasteiger charge is 2.61.